The summed E-state index contributed by atoms with van der Waals surface area (Å²) < 4.78 is 7.65. The average molecular weight is 283 g/mol. The first-order valence-corrected chi connectivity index (χ1v) is 5.59. The lowest BCUT2D eigenvalue weighted by Gasteiger charge is -1.97. The lowest BCUT2D eigenvalue weighted by molar-refractivity contribution is 0.183. The van der Waals surface area contributed by atoms with Crippen LogP contribution in [0, 0.1) is 0 Å². The summed E-state index contributed by atoms with van der Waals surface area (Å²) >= 11 is 3.37. The van der Waals surface area contributed by atoms with Crippen molar-refractivity contribution in [2.24, 2.45) is 0 Å². The maximum atomic E-state index is 4.97. The lowest BCUT2D eigenvalue weighted by atomic mass is 10.2. The van der Waals surface area contributed by atoms with Crippen molar-refractivity contribution in [3.63, 3.8) is 0 Å². The normalized spacial score (nSPS) is 10.6. The summed E-state index contributed by atoms with van der Waals surface area (Å²) in [6, 6.07) is 1.96. The first-order chi connectivity index (χ1) is 7.79. The highest BCUT2D eigenvalue weighted by Crippen LogP contribution is 2.18. The second kappa shape index (κ2) is 5.18. The molecule has 0 aliphatic heterocycles. The van der Waals surface area contributed by atoms with Gasteiger partial charge in [0.2, 0.25) is 0 Å². The van der Waals surface area contributed by atoms with E-state index >= 15 is 0 Å². The molecule has 0 unspecified atom stereocenters. The summed E-state index contributed by atoms with van der Waals surface area (Å²) in [6.45, 7) is 1.32. The van der Waals surface area contributed by atoms with Crippen molar-refractivity contribution in [2.75, 3.05) is 13.7 Å². The van der Waals surface area contributed by atoms with Crippen molar-refractivity contribution in [3.8, 4) is 11.3 Å². The second-order valence-electron chi connectivity index (χ2n) is 3.25. The summed E-state index contributed by atoms with van der Waals surface area (Å²) in [5, 5.41) is 8.08. The second-order valence-corrected chi connectivity index (χ2v) is 4.17. The van der Waals surface area contributed by atoms with Gasteiger partial charge in [-0.15, -0.1) is 5.10 Å². The van der Waals surface area contributed by atoms with E-state index in [-0.39, 0.29) is 0 Å². The van der Waals surface area contributed by atoms with Crippen LogP contribution in [0.4, 0.5) is 0 Å². The Morgan fingerprint density at radius 3 is 3.06 bits per heavy atom. The third-order valence-corrected chi connectivity index (χ3v) is 2.50. The third kappa shape index (κ3) is 2.65. The van der Waals surface area contributed by atoms with Gasteiger partial charge in [0.25, 0.3) is 0 Å². The number of rotatable bonds is 4. The molecule has 2 aromatic heterocycles. The highest BCUT2D eigenvalue weighted by Gasteiger charge is 2.04. The molecule has 0 fully saturated rings. The van der Waals surface area contributed by atoms with E-state index in [1.54, 1.807) is 24.2 Å². The minimum absolute atomic E-state index is 0.625. The van der Waals surface area contributed by atoms with Gasteiger partial charge in [-0.1, -0.05) is 5.21 Å². The summed E-state index contributed by atoms with van der Waals surface area (Å²) in [7, 11) is 1.66. The van der Waals surface area contributed by atoms with Crippen LogP contribution in [0.3, 0.4) is 0 Å². The molecule has 0 aromatic carbocycles. The maximum absolute atomic E-state index is 4.97. The van der Waals surface area contributed by atoms with Crippen molar-refractivity contribution in [2.45, 2.75) is 6.54 Å². The van der Waals surface area contributed by atoms with Crippen LogP contribution in [-0.4, -0.2) is 33.7 Å². The largest absolute Gasteiger partial charge is 0.383 e. The number of methoxy groups -OCH3 is 1. The van der Waals surface area contributed by atoms with Crippen LogP contribution in [0.1, 0.15) is 0 Å². The van der Waals surface area contributed by atoms with Gasteiger partial charge >= 0.3 is 0 Å². The fourth-order valence-corrected chi connectivity index (χ4v) is 1.64. The molecule has 2 heterocycles. The minimum Gasteiger partial charge on any atom is -0.383 e. The van der Waals surface area contributed by atoms with E-state index in [1.165, 1.54) is 0 Å². The van der Waals surface area contributed by atoms with Crippen molar-refractivity contribution in [1.82, 2.24) is 20.0 Å². The van der Waals surface area contributed by atoms with Crippen LogP contribution in [0.2, 0.25) is 0 Å². The molecule has 6 heteroatoms. The summed E-state index contributed by atoms with van der Waals surface area (Å²) in [5.74, 6) is 0. The molecule has 2 rings (SSSR count). The van der Waals surface area contributed by atoms with Crippen molar-refractivity contribution >= 4 is 15.9 Å². The van der Waals surface area contributed by atoms with Gasteiger partial charge in [-0.2, -0.15) is 0 Å². The number of aromatic nitrogens is 4. The number of pyridine rings is 1. The van der Waals surface area contributed by atoms with E-state index in [2.05, 4.69) is 31.2 Å². The van der Waals surface area contributed by atoms with Gasteiger partial charge in [0.05, 0.1) is 19.3 Å². The van der Waals surface area contributed by atoms with Crippen LogP contribution < -0.4 is 0 Å². The predicted octanol–water partition coefficient (Wildman–Crippen LogP) is 1.75. The zero-order valence-electron chi connectivity index (χ0n) is 8.80. The molecule has 0 spiro atoms. The molecular formula is C10H11BrN4O. The Morgan fingerprint density at radius 2 is 2.31 bits per heavy atom. The standard InChI is InChI=1S/C10H11BrN4O/c1-16-3-2-15-7-10(13-14-15)8-4-9(11)6-12-5-8/h4-7H,2-3H2,1H3. The van der Waals surface area contributed by atoms with E-state index in [4.69, 9.17) is 4.74 Å². The molecule has 16 heavy (non-hydrogen) atoms. The fraction of sp³-hybridized carbons (Fsp3) is 0.300. The zero-order valence-corrected chi connectivity index (χ0v) is 10.4. The van der Waals surface area contributed by atoms with E-state index < -0.39 is 0 Å². The quantitative estimate of drug-likeness (QED) is 0.857. The van der Waals surface area contributed by atoms with Gasteiger partial charge in [-0.25, -0.2) is 4.68 Å². The molecule has 0 N–H and O–H groups in total. The number of nitrogens with zero attached hydrogens (tertiary/aromatic N) is 4. The van der Waals surface area contributed by atoms with Crippen molar-refractivity contribution in [3.05, 3.63) is 29.1 Å². The Balaban J connectivity index is 2.18. The molecule has 5 nitrogen and oxygen atoms in total. The molecule has 0 aliphatic rings. The molecule has 0 amide bonds. The highest BCUT2D eigenvalue weighted by atomic mass is 79.9. The SMILES string of the molecule is COCCn1cc(-c2cncc(Br)c2)nn1. The van der Waals surface area contributed by atoms with Crippen molar-refractivity contribution in [1.29, 1.82) is 0 Å². The molecule has 0 aliphatic carbocycles. The fourth-order valence-electron chi connectivity index (χ4n) is 1.28. The summed E-state index contributed by atoms with van der Waals surface area (Å²) in [5.41, 5.74) is 1.75. The third-order valence-electron chi connectivity index (χ3n) is 2.06. The van der Waals surface area contributed by atoms with Gasteiger partial charge in [0.15, 0.2) is 0 Å². The van der Waals surface area contributed by atoms with Gasteiger partial charge in [0, 0.05) is 29.5 Å². The Labute approximate surface area is 102 Å². The van der Waals surface area contributed by atoms with E-state index in [0.29, 0.717) is 13.2 Å². The van der Waals surface area contributed by atoms with Gasteiger partial charge < -0.3 is 4.74 Å². The molecule has 0 radical (unpaired) electrons. The number of hydrogen-bond acceptors (Lipinski definition) is 4. The Hall–Kier alpha value is -1.27. The molecule has 2 aromatic rings. The van der Waals surface area contributed by atoms with E-state index in [0.717, 1.165) is 15.7 Å². The van der Waals surface area contributed by atoms with Gasteiger partial charge in [-0.05, 0) is 22.0 Å². The predicted molar refractivity (Wildman–Crippen MR) is 62.8 cm³/mol. The van der Waals surface area contributed by atoms with Crippen LogP contribution in [0.15, 0.2) is 29.1 Å². The average Bonchev–Trinajstić information content (AvgIpc) is 2.75. The monoisotopic (exact) mass is 282 g/mol. The number of ether oxygens (including phenoxy) is 1. The Bertz CT molecular complexity index is 471. The van der Waals surface area contributed by atoms with E-state index in [1.807, 2.05) is 12.3 Å². The number of halogens is 1. The van der Waals surface area contributed by atoms with Gasteiger partial charge in [-0.3, -0.25) is 4.98 Å². The first kappa shape index (κ1) is 11.2. The molecule has 0 saturated heterocycles. The summed E-state index contributed by atoms with van der Waals surface area (Å²) in [4.78, 5) is 4.08. The van der Waals surface area contributed by atoms with Crippen LogP contribution in [0.5, 0.6) is 0 Å². The van der Waals surface area contributed by atoms with Crippen molar-refractivity contribution < 1.29 is 4.74 Å². The number of hydrogen-bond donors (Lipinski definition) is 0. The van der Waals surface area contributed by atoms with Crippen LogP contribution in [0.25, 0.3) is 11.3 Å². The minimum atomic E-state index is 0.625. The summed E-state index contributed by atoms with van der Waals surface area (Å²) in [6.07, 6.45) is 5.37. The molecule has 0 atom stereocenters. The topological polar surface area (TPSA) is 52.8 Å². The maximum Gasteiger partial charge on any atom is 0.114 e. The zero-order chi connectivity index (χ0) is 11.4. The molecule has 84 valence electrons. The molecule has 0 saturated carbocycles. The highest BCUT2D eigenvalue weighted by molar-refractivity contribution is 9.10. The van der Waals surface area contributed by atoms with Crippen LogP contribution >= 0.6 is 15.9 Å². The van der Waals surface area contributed by atoms with Gasteiger partial charge in [0.1, 0.15) is 5.69 Å². The first-order valence-electron chi connectivity index (χ1n) is 4.79. The molecular weight excluding hydrogens is 272 g/mol. The smallest absolute Gasteiger partial charge is 0.114 e. The Kier molecular flexibility index (Phi) is 3.63. The van der Waals surface area contributed by atoms with Crippen LogP contribution in [-0.2, 0) is 11.3 Å². The van der Waals surface area contributed by atoms with E-state index in [9.17, 15) is 0 Å². The lowest BCUT2D eigenvalue weighted by Crippen LogP contribution is -2.04. The Morgan fingerprint density at radius 1 is 1.44 bits per heavy atom. The molecule has 0 bridgehead atoms.